The Morgan fingerprint density at radius 3 is 2.41 bits per heavy atom. The topological polar surface area (TPSA) is 113 Å². The number of aromatic nitrogens is 2. The first-order valence-corrected chi connectivity index (χ1v) is 10.5. The van der Waals surface area contributed by atoms with Crippen LogP contribution in [0.3, 0.4) is 0 Å². The highest BCUT2D eigenvalue weighted by Gasteiger charge is 2.16. The van der Waals surface area contributed by atoms with Crippen LogP contribution in [0.5, 0.6) is 5.75 Å². The van der Waals surface area contributed by atoms with Crippen LogP contribution in [-0.2, 0) is 21.4 Å². The van der Waals surface area contributed by atoms with Gasteiger partial charge in [0.05, 0.1) is 23.4 Å². The number of carbonyl (C=O) groups is 1. The summed E-state index contributed by atoms with van der Waals surface area (Å²) in [4.78, 5) is 11.2. The molecule has 0 aliphatic heterocycles. The Kier molecular flexibility index (Phi) is 6.30. The van der Waals surface area contributed by atoms with E-state index < -0.39 is 10.0 Å². The molecule has 152 valence electrons. The number of sulfonamides is 1. The molecule has 1 aromatic heterocycles. The Labute approximate surface area is 169 Å². The molecule has 2 aromatic carbocycles. The van der Waals surface area contributed by atoms with Crippen molar-refractivity contribution in [2.24, 2.45) is 0 Å². The predicted molar refractivity (Wildman–Crippen MR) is 110 cm³/mol. The first kappa shape index (κ1) is 20.6. The Morgan fingerprint density at radius 2 is 1.79 bits per heavy atom. The summed E-state index contributed by atoms with van der Waals surface area (Å²) in [7, 11) is -3.72. The van der Waals surface area contributed by atoms with Crippen molar-refractivity contribution in [3.8, 4) is 17.0 Å². The fraction of sp³-hybridized carbons (Fsp3) is 0.200. The lowest BCUT2D eigenvalue weighted by Crippen LogP contribution is -2.23. The van der Waals surface area contributed by atoms with Crippen LogP contribution in [0, 0.1) is 0 Å². The van der Waals surface area contributed by atoms with E-state index in [1.807, 2.05) is 31.2 Å². The van der Waals surface area contributed by atoms with Crippen molar-refractivity contribution in [3.63, 3.8) is 0 Å². The minimum absolute atomic E-state index is 0.0782. The highest BCUT2D eigenvalue weighted by Crippen LogP contribution is 2.24. The maximum absolute atomic E-state index is 12.6. The average Bonchev–Trinajstić information content (AvgIpc) is 3.16. The van der Waals surface area contributed by atoms with Crippen molar-refractivity contribution in [2.45, 2.75) is 25.3 Å². The third kappa shape index (κ3) is 5.21. The van der Waals surface area contributed by atoms with Gasteiger partial charge in [-0.05, 0) is 55.5 Å². The normalized spacial score (nSPS) is 11.2. The molecule has 9 heteroatoms. The van der Waals surface area contributed by atoms with Crippen molar-refractivity contribution >= 4 is 21.6 Å². The van der Waals surface area contributed by atoms with Crippen LogP contribution in [0.2, 0.25) is 0 Å². The number of amides is 1. The quantitative estimate of drug-likeness (QED) is 0.525. The summed E-state index contributed by atoms with van der Waals surface area (Å²) >= 11 is 0. The Bertz CT molecular complexity index is 1070. The van der Waals surface area contributed by atoms with Crippen molar-refractivity contribution < 1.29 is 17.9 Å². The molecule has 29 heavy (non-hydrogen) atoms. The minimum atomic E-state index is -3.72. The standard InChI is InChI=1S/C20H22N4O4S/c1-3-28-18-8-4-15(5-9-18)20-16(12-21-24-20)13-22-29(26,27)19-10-6-17(7-11-19)23-14(2)25/h4-12,22H,3,13H2,1-2H3,(H,21,24)(H,23,25). The van der Waals surface area contributed by atoms with Gasteiger partial charge in [0.2, 0.25) is 15.9 Å². The van der Waals surface area contributed by atoms with E-state index in [1.165, 1.54) is 19.1 Å². The monoisotopic (exact) mass is 414 g/mol. The second-order valence-electron chi connectivity index (χ2n) is 6.26. The first-order valence-electron chi connectivity index (χ1n) is 9.02. The van der Waals surface area contributed by atoms with Gasteiger partial charge in [-0.15, -0.1) is 0 Å². The Morgan fingerprint density at radius 1 is 1.10 bits per heavy atom. The van der Waals surface area contributed by atoms with Gasteiger partial charge in [0, 0.05) is 30.3 Å². The Balaban J connectivity index is 1.71. The zero-order chi connectivity index (χ0) is 20.9. The van der Waals surface area contributed by atoms with Crippen molar-refractivity contribution in [3.05, 3.63) is 60.3 Å². The highest BCUT2D eigenvalue weighted by atomic mass is 32.2. The fourth-order valence-corrected chi connectivity index (χ4v) is 3.76. The number of benzene rings is 2. The van der Waals surface area contributed by atoms with E-state index in [-0.39, 0.29) is 17.3 Å². The van der Waals surface area contributed by atoms with Crippen LogP contribution in [-0.4, -0.2) is 31.1 Å². The highest BCUT2D eigenvalue weighted by molar-refractivity contribution is 7.89. The lowest BCUT2D eigenvalue weighted by atomic mass is 10.1. The van der Waals surface area contributed by atoms with Gasteiger partial charge in [-0.2, -0.15) is 5.10 Å². The van der Waals surface area contributed by atoms with E-state index in [2.05, 4.69) is 20.2 Å². The smallest absolute Gasteiger partial charge is 0.240 e. The van der Waals surface area contributed by atoms with Gasteiger partial charge in [-0.3, -0.25) is 9.89 Å². The number of aromatic amines is 1. The third-order valence-corrected chi connectivity index (χ3v) is 5.53. The zero-order valence-corrected chi connectivity index (χ0v) is 16.9. The number of anilines is 1. The predicted octanol–water partition coefficient (Wildman–Crippen LogP) is 2.91. The summed E-state index contributed by atoms with van der Waals surface area (Å²) in [5.41, 5.74) is 2.85. The third-order valence-electron chi connectivity index (χ3n) is 4.11. The van der Waals surface area contributed by atoms with Crippen LogP contribution in [0.15, 0.2) is 59.6 Å². The van der Waals surface area contributed by atoms with E-state index in [1.54, 1.807) is 18.3 Å². The van der Waals surface area contributed by atoms with Crippen molar-refractivity contribution in [1.82, 2.24) is 14.9 Å². The summed E-state index contributed by atoms with van der Waals surface area (Å²) in [6.07, 6.45) is 1.59. The van der Waals surface area contributed by atoms with Gasteiger partial charge in [-0.25, -0.2) is 13.1 Å². The van der Waals surface area contributed by atoms with Gasteiger partial charge in [0.25, 0.3) is 0 Å². The lowest BCUT2D eigenvalue weighted by Gasteiger charge is -2.09. The molecule has 3 aromatic rings. The fourth-order valence-electron chi connectivity index (χ4n) is 2.76. The number of hydrogen-bond donors (Lipinski definition) is 3. The number of hydrogen-bond acceptors (Lipinski definition) is 5. The molecular formula is C20H22N4O4S. The summed E-state index contributed by atoms with van der Waals surface area (Å²) in [5.74, 6) is 0.543. The Hall–Kier alpha value is -3.17. The molecule has 3 rings (SSSR count). The number of carbonyl (C=O) groups excluding carboxylic acids is 1. The van der Waals surface area contributed by atoms with Gasteiger partial charge in [0.1, 0.15) is 5.75 Å². The molecule has 3 N–H and O–H groups in total. The molecule has 0 aliphatic rings. The van der Waals surface area contributed by atoms with Crippen LogP contribution in [0.25, 0.3) is 11.3 Å². The molecule has 0 saturated heterocycles. The number of nitrogens with one attached hydrogen (secondary N) is 3. The van der Waals surface area contributed by atoms with E-state index >= 15 is 0 Å². The zero-order valence-electron chi connectivity index (χ0n) is 16.1. The molecule has 0 unspecified atom stereocenters. The lowest BCUT2D eigenvalue weighted by molar-refractivity contribution is -0.114. The molecular weight excluding hydrogens is 392 g/mol. The largest absolute Gasteiger partial charge is 0.494 e. The number of nitrogens with zero attached hydrogens (tertiary/aromatic N) is 1. The summed E-state index contributed by atoms with van der Waals surface area (Å²) in [5, 5.41) is 9.55. The second-order valence-corrected chi connectivity index (χ2v) is 8.02. The van der Waals surface area contributed by atoms with Crippen LogP contribution in [0.1, 0.15) is 19.4 Å². The summed E-state index contributed by atoms with van der Waals surface area (Å²) in [6.45, 7) is 3.97. The van der Waals surface area contributed by atoms with E-state index in [4.69, 9.17) is 4.74 Å². The molecule has 0 fully saturated rings. The van der Waals surface area contributed by atoms with Gasteiger partial charge >= 0.3 is 0 Å². The molecule has 0 saturated carbocycles. The number of ether oxygens (including phenoxy) is 1. The molecule has 1 heterocycles. The van der Waals surface area contributed by atoms with Crippen LogP contribution < -0.4 is 14.8 Å². The molecule has 0 spiro atoms. The van der Waals surface area contributed by atoms with Crippen molar-refractivity contribution in [1.29, 1.82) is 0 Å². The maximum Gasteiger partial charge on any atom is 0.240 e. The molecule has 0 bridgehead atoms. The van der Waals surface area contributed by atoms with E-state index in [0.29, 0.717) is 17.9 Å². The van der Waals surface area contributed by atoms with Gasteiger partial charge < -0.3 is 10.1 Å². The van der Waals surface area contributed by atoms with Gasteiger partial charge in [0.15, 0.2) is 0 Å². The maximum atomic E-state index is 12.6. The SMILES string of the molecule is CCOc1ccc(-c2[nH]ncc2CNS(=O)(=O)c2ccc(NC(C)=O)cc2)cc1. The summed E-state index contributed by atoms with van der Waals surface area (Å²) in [6, 6.07) is 13.4. The average molecular weight is 414 g/mol. The van der Waals surface area contributed by atoms with Gasteiger partial charge in [-0.1, -0.05) is 0 Å². The molecule has 0 aliphatic carbocycles. The van der Waals surface area contributed by atoms with Crippen LogP contribution in [0.4, 0.5) is 5.69 Å². The molecule has 0 radical (unpaired) electrons. The first-order chi connectivity index (χ1) is 13.9. The molecule has 1 amide bonds. The number of rotatable bonds is 8. The minimum Gasteiger partial charge on any atom is -0.494 e. The number of H-pyrrole nitrogens is 1. The second kappa shape index (κ2) is 8.89. The van der Waals surface area contributed by atoms with Crippen LogP contribution >= 0.6 is 0 Å². The van der Waals surface area contributed by atoms with E-state index in [9.17, 15) is 13.2 Å². The molecule has 8 nitrogen and oxygen atoms in total. The van der Waals surface area contributed by atoms with E-state index in [0.717, 1.165) is 17.0 Å². The molecule has 0 atom stereocenters. The summed E-state index contributed by atoms with van der Waals surface area (Å²) < 4.78 is 33.2. The van der Waals surface area contributed by atoms with Crippen molar-refractivity contribution in [2.75, 3.05) is 11.9 Å².